The number of fused-ring (bicyclic) bond motifs is 1. The van der Waals surface area contributed by atoms with Crippen LogP contribution >= 0.6 is 11.3 Å². The summed E-state index contributed by atoms with van der Waals surface area (Å²) < 4.78 is 12.5. The summed E-state index contributed by atoms with van der Waals surface area (Å²) in [5, 5.41) is 1.09. The molecule has 0 saturated heterocycles. The Balaban J connectivity index is 2.02. The number of hydrogen-bond donors (Lipinski definition) is 0. The fraction of sp³-hybridized carbons (Fsp3) is 0.500. The van der Waals surface area contributed by atoms with E-state index >= 15 is 0 Å². The Morgan fingerprint density at radius 1 is 1.33 bits per heavy atom. The first kappa shape index (κ1) is 13.3. The van der Waals surface area contributed by atoms with Gasteiger partial charge in [-0.1, -0.05) is 6.92 Å². The summed E-state index contributed by atoms with van der Waals surface area (Å²) in [7, 11) is 0. The normalized spacial score (nSPS) is 12.8. The largest absolute Gasteiger partial charge is 0.491 e. The van der Waals surface area contributed by atoms with Gasteiger partial charge in [0.1, 0.15) is 12.4 Å². The van der Waals surface area contributed by atoms with Gasteiger partial charge < -0.3 is 9.47 Å². The van der Waals surface area contributed by atoms with E-state index in [1.807, 2.05) is 26.0 Å². The van der Waals surface area contributed by atoms with Gasteiger partial charge in [-0.05, 0) is 38.5 Å². The molecule has 18 heavy (non-hydrogen) atoms. The summed E-state index contributed by atoms with van der Waals surface area (Å²) in [6.07, 6.45) is 1.14. The predicted molar refractivity (Wildman–Crippen MR) is 75.6 cm³/mol. The maximum atomic E-state index is 5.78. The molecule has 0 bridgehead atoms. The average molecular weight is 265 g/mol. The van der Waals surface area contributed by atoms with Crippen LogP contribution in [0.15, 0.2) is 18.2 Å². The molecule has 98 valence electrons. The lowest BCUT2D eigenvalue weighted by molar-refractivity contribution is 0.0256. The first-order valence-corrected chi connectivity index (χ1v) is 7.16. The van der Waals surface area contributed by atoms with Crippen LogP contribution in [0.4, 0.5) is 0 Å². The van der Waals surface area contributed by atoms with Gasteiger partial charge in [0.2, 0.25) is 0 Å². The summed E-state index contributed by atoms with van der Waals surface area (Å²) in [6.45, 7) is 7.48. The van der Waals surface area contributed by atoms with Gasteiger partial charge >= 0.3 is 0 Å². The predicted octanol–water partition coefficient (Wildman–Crippen LogP) is 3.80. The Bertz CT molecular complexity index is 509. The zero-order valence-electron chi connectivity index (χ0n) is 11.1. The molecule has 4 heteroatoms. The Morgan fingerprint density at radius 2 is 2.17 bits per heavy atom. The molecule has 1 heterocycles. The lowest BCUT2D eigenvalue weighted by Gasteiger charge is -2.15. The van der Waals surface area contributed by atoms with Crippen molar-refractivity contribution in [2.24, 2.45) is 0 Å². The number of aryl methyl sites for hydroxylation is 1. The molecule has 0 spiro atoms. The third-order valence-corrected chi connectivity index (χ3v) is 3.69. The fourth-order valence-corrected chi connectivity index (χ4v) is 2.67. The Hall–Kier alpha value is -1.13. The molecule has 2 aromatic rings. The molecule has 0 N–H and O–H groups in total. The van der Waals surface area contributed by atoms with E-state index in [1.54, 1.807) is 11.3 Å². The highest BCUT2D eigenvalue weighted by Crippen LogP contribution is 2.26. The molecular weight excluding hydrogens is 246 g/mol. The van der Waals surface area contributed by atoms with Crippen LogP contribution in [-0.4, -0.2) is 24.3 Å². The Kier molecular flexibility index (Phi) is 4.55. The molecule has 0 aliphatic rings. The molecule has 1 aromatic carbocycles. The second-order valence-electron chi connectivity index (χ2n) is 4.16. The third kappa shape index (κ3) is 3.21. The van der Waals surface area contributed by atoms with Crippen molar-refractivity contribution in [1.29, 1.82) is 0 Å². The number of ether oxygens (including phenoxy) is 2. The maximum absolute atomic E-state index is 5.78. The average Bonchev–Trinajstić information content (AvgIpc) is 2.73. The van der Waals surface area contributed by atoms with E-state index in [-0.39, 0.29) is 6.10 Å². The van der Waals surface area contributed by atoms with E-state index in [2.05, 4.69) is 18.0 Å². The highest BCUT2D eigenvalue weighted by atomic mass is 32.1. The van der Waals surface area contributed by atoms with Crippen molar-refractivity contribution in [3.63, 3.8) is 0 Å². The van der Waals surface area contributed by atoms with Crippen molar-refractivity contribution in [2.45, 2.75) is 33.3 Å². The van der Waals surface area contributed by atoms with E-state index in [1.165, 1.54) is 4.70 Å². The zero-order valence-corrected chi connectivity index (χ0v) is 11.9. The van der Waals surface area contributed by atoms with Crippen molar-refractivity contribution in [3.8, 4) is 5.75 Å². The second kappa shape index (κ2) is 6.16. The van der Waals surface area contributed by atoms with Crippen LogP contribution in [0.2, 0.25) is 0 Å². The monoisotopic (exact) mass is 265 g/mol. The number of thiazole rings is 1. The van der Waals surface area contributed by atoms with Gasteiger partial charge in [0.15, 0.2) is 0 Å². The minimum absolute atomic E-state index is 0.175. The topological polar surface area (TPSA) is 31.4 Å². The molecule has 3 nitrogen and oxygen atoms in total. The quantitative estimate of drug-likeness (QED) is 0.796. The van der Waals surface area contributed by atoms with Crippen LogP contribution < -0.4 is 4.74 Å². The van der Waals surface area contributed by atoms with Gasteiger partial charge in [-0.3, -0.25) is 0 Å². The molecular formula is C14H19NO2S. The third-order valence-electron chi connectivity index (χ3n) is 2.76. The first-order chi connectivity index (χ1) is 8.72. The van der Waals surface area contributed by atoms with E-state index in [4.69, 9.17) is 9.47 Å². The van der Waals surface area contributed by atoms with Gasteiger partial charge in [0.05, 0.1) is 21.3 Å². The Morgan fingerprint density at radius 3 is 2.89 bits per heavy atom. The van der Waals surface area contributed by atoms with Gasteiger partial charge in [0, 0.05) is 6.61 Å². The zero-order chi connectivity index (χ0) is 13.0. The number of benzene rings is 1. The molecule has 0 aliphatic heterocycles. The van der Waals surface area contributed by atoms with Gasteiger partial charge in [0.25, 0.3) is 0 Å². The molecule has 0 amide bonds. The highest BCUT2D eigenvalue weighted by Gasteiger charge is 2.07. The summed E-state index contributed by atoms with van der Waals surface area (Å²) >= 11 is 1.69. The number of aromatic nitrogens is 1. The highest BCUT2D eigenvalue weighted by molar-refractivity contribution is 7.18. The summed E-state index contributed by atoms with van der Waals surface area (Å²) in [6, 6.07) is 6.04. The molecule has 2 rings (SSSR count). The van der Waals surface area contributed by atoms with Crippen molar-refractivity contribution in [1.82, 2.24) is 4.98 Å². The van der Waals surface area contributed by atoms with Crippen LogP contribution in [0.5, 0.6) is 5.75 Å². The molecule has 1 atom stereocenters. The maximum Gasteiger partial charge on any atom is 0.121 e. The van der Waals surface area contributed by atoms with Gasteiger partial charge in [-0.25, -0.2) is 4.98 Å². The van der Waals surface area contributed by atoms with Crippen LogP contribution in [0.3, 0.4) is 0 Å². The number of hydrogen-bond acceptors (Lipinski definition) is 4. The molecule has 0 radical (unpaired) electrons. The van der Waals surface area contributed by atoms with Crippen LogP contribution in [0.25, 0.3) is 10.2 Å². The molecule has 1 unspecified atom stereocenters. The lowest BCUT2D eigenvalue weighted by Crippen LogP contribution is -2.20. The van der Waals surface area contributed by atoms with E-state index in [0.717, 1.165) is 29.3 Å². The minimum Gasteiger partial charge on any atom is -0.491 e. The standard InChI is InChI=1S/C14H19NO2S/c1-4-11(16-5-2)9-17-12-6-7-13-14(8-12)18-10(3)15-13/h6-8,11H,4-5,9H2,1-3H3. The molecule has 0 fully saturated rings. The van der Waals surface area contributed by atoms with Crippen LogP contribution in [0, 0.1) is 6.92 Å². The van der Waals surface area contributed by atoms with Gasteiger partial charge in [-0.15, -0.1) is 11.3 Å². The molecule has 0 saturated carbocycles. The second-order valence-corrected chi connectivity index (χ2v) is 5.39. The first-order valence-electron chi connectivity index (χ1n) is 6.34. The summed E-state index contributed by atoms with van der Waals surface area (Å²) in [4.78, 5) is 4.43. The van der Waals surface area contributed by atoms with Crippen molar-refractivity contribution in [2.75, 3.05) is 13.2 Å². The smallest absolute Gasteiger partial charge is 0.121 e. The van der Waals surface area contributed by atoms with Crippen LogP contribution in [0.1, 0.15) is 25.3 Å². The van der Waals surface area contributed by atoms with Crippen molar-refractivity contribution < 1.29 is 9.47 Å². The van der Waals surface area contributed by atoms with Gasteiger partial charge in [-0.2, -0.15) is 0 Å². The fourth-order valence-electron chi connectivity index (χ4n) is 1.82. The molecule has 0 aliphatic carbocycles. The SMILES string of the molecule is CCOC(CC)COc1ccc2nc(C)sc2c1. The number of nitrogens with zero attached hydrogens (tertiary/aromatic N) is 1. The Labute approximate surface area is 112 Å². The summed E-state index contributed by atoms with van der Waals surface area (Å²) in [5.41, 5.74) is 1.04. The summed E-state index contributed by atoms with van der Waals surface area (Å²) in [5.74, 6) is 0.893. The number of rotatable bonds is 6. The van der Waals surface area contributed by atoms with E-state index in [9.17, 15) is 0 Å². The van der Waals surface area contributed by atoms with Crippen LogP contribution in [-0.2, 0) is 4.74 Å². The minimum atomic E-state index is 0.175. The van der Waals surface area contributed by atoms with Crippen molar-refractivity contribution >= 4 is 21.6 Å². The molecule has 1 aromatic heterocycles. The van der Waals surface area contributed by atoms with Crippen molar-refractivity contribution in [3.05, 3.63) is 23.2 Å². The lowest BCUT2D eigenvalue weighted by atomic mass is 10.3. The van der Waals surface area contributed by atoms with E-state index in [0.29, 0.717) is 6.61 Å². The van der Waals surface area contributed by atoms with E-state index < -0.39 is 0 Å².